The van der Waals surface area contributed by atoms with Gasteiger partial charge in [0.1, 0.15) is 5.15 Å². The summed E-state index contributed by atoms with van der Waals surface area (Å²) >= 11 is 6.54. The normalized spacial score (nSPS) is 17.4. The van der Waals surface area contributed by atoms with Crippen LogP contribution < -0.4 is 14.2 Å². The van der Waals surface area contributed by atoms with Crippen LogP contribution >= 0.6 is 11.6 Å². The summed E-state index contributed by atoms with van der Waals surface area (Å²) in [4.78, 5) is 16.9. The highest BCUT2D eigenvalue weighted by Crippen LogP contribution is 2.40. The second kappa shape index (κ2) is 7.89. The third kappa shape index (κ3) is 4.19. The number of nitrogens with one attached hydrogen (secondary N) is 1. The number of carbonyl (C=O) groups is 1. The summed E-state index contributed by atoms with van der Waals surface area (Å²) in [5.41, 5.74) is 3.24. The maximum Gasteiger partial charge on any atom is 0.240 e. The molecule has 0 spiro atoms. The molecule has 5 rings (SSSR count). The maximum absolute atomic E-state index is 12.4. The Hall–Kier alpha value is -3.37. The number of aromatic nitrogens is 1. The number of carbonyl (C=O) groups excluding carboxylic acids is 1. The lowest BCUT2D eigenvalue weighted by atomic mass is 9.98. The molecule has 0 fully saturated rings. The number of hydrogen-bond acceptors (Lipinski definition) is 7. The number of benzene rings is 2. The SMILES string of the molecule is CC(=O)N1N=C(c2ccc(NS(C)(=O)=O)cc2)CC1c1cc2cc3c(cc2nc1Cl)OCO3. The highest BCUT2D eigenvalue weighted by Gasteiger charge is 2.33. The van der Waals surface area contributed by atoms with Gasteiger partial charge in [0.2, 0.25) is 22.7 Å². The van der Waals surface area contributed by atoms with Crippen LogP contribution in [0.2, 0.25) is 5.15 Å². The number of sulfonamides is 1. The number of nitrogens with zero attached hydrogens (tertiary/aromatic N) is 3. The van der Waals surface area contributed by atoms with Crippen molar-refractivity contribution in [2.24, 2.45) is 5.10 Å². The van der Waals surface area contributed by atoms with Crippen molar-refractivity contribution in [2.45, 2.75) is 19.4 Å². The molecule has 2 aromatic carbocycles. The first-order valence-corrected chi connectivity index (χ1v) is 12.3. The number of amides is 1. The summed E-state index contributed by atoms with van der Waals surface area (Å²) < 4.78 is 36.2. The van der Waals surface area contributed by atoms with Gasteiger partial charge in [0.25, 0.3) is 0 Å². The largest absolute Gasteiger partial charge is 0.454 e. The van der Waals surface area contributed by atoms with Gasteiger partial charge in [-0.3, -0.25) is 9.52 Å². The van der Waals surface area contributed by atoms with Crippen molar-refractivity contribution in [1.29, 1.82) is 0 Å². The number of fused-ring (bicyclic) bond motifs is 2. The zero-order valence-electron chi connectivity index (χ0n) is 17.7. The van der Waals surface area contributed by atoms with E-state index in [0.29, 0.717) is 40.4 Å². The van der Waals surface area contributed by atoms with E-state index in [1.165, 1.54) is 11.9 Å². The minimum Gasteiger partial charge on any atom is -0.454 e. The van der Waals surface area contributed by atoms with Crippen LogP contribution in [0.5, 0.6) is 11.5 Å². The van der Waals surface area contributed by atoms with Gasteiger partial charge in [-0.2, -0.15) is 5.10 Å². The molecule has 0 bridgehead atoms. The topological polar surface area (TPSA) is 110 Å². The molecule has 2 aliphatic rings. The van der Waals surface area contributed by atoms with Crippen LogP contribution in [0.1, 0.15) is 30.5 Å². The minimum atomic E-state index is -3.37. The van der Waals surface area contributed by atoms with Gasteiger partial charge in [-0.15, -0.1) is 0 Å². The van der Waals surface area contributed by atoms with E-state index in [4.69, 9.17) is 21.1 Å². The fourth-order valence-electron chi connectivity index (χ4n) is 3.95. The Balaban J connectivity index is 1.48. The zero-order valence-corrected chi connectivity index (χ0v) is 19.3. The fourth-order valence-corrected chi connectivity index (χ4v) is 4.79. The molecule has 33 heavy (non-hydrogen) atoms. The quantitative estimate of drug-likeness (QED) is 0.563. The molecule has 11 heteroatoms. The molecule has 0 saturated carbocycles. The molecule has 1 N–H and O–H groups in total. The van der Waals surface area contributed by atoms with Crippen LogP contribution in [0.3, 0.4) is 0 Å². The molecule has 3 heterocycles. The lowest BCUT2D eigenvalue weighted by Gasteiger charge is -2.21. The molecule has 0 saturated heterocycles. The number of ether oxygens (including phenoxy) is 2. The van der Waals surface area contributed by atoms with Gasteiger partial charge in [0.05, 0.1) is 23.5 Å². The zero-order chi connectivity index (χ0) is 23.3. The van der Waals surface area contributed by atoms with Crippen molar-refractivity contribution in [3.63, 3.8) is 0 Å². The molecule has 1 aromatic heterocycles. The molecule has 3 aromatic rings. The summed E-state index contributed by atoms with van der Waals surface area (Å²) in [5, 5.41) is 7.02. The summed E-state index contributed by atoms with van der Waals surface area (Å²) in [7, 11) is -3.37. The first kappa shape index (κ1) is 21.5. The Bertz CT molecular complexity index is 1420. The Morgan fingerprint density at radius 3 is 2.52 bits per heavy atom. The average Bonchev–Trinajstić information content (AvgIpc) is 3.38. The number of hydrogen-bond donors (Lipinski definition) is 1. The molecule has 9 nitrogen and oxygen atoms in total. The number of halogens is 1. The van der Waals surface area contributed by atoms with Crippen molar-refractivity contribution in [3.05, 3.63) is 58.7 Å². The third-order valence-corrected chi connectivity index (χ3v) is 6.31. The number of hydrazone groups is 1. The minimum absolute atomic E-state index is 0.155. The number of pyridine rings is 1. The molecular weight excluding hydrogens is 468 g/mol. The van der Waals surface area contributed by atoms with Gasteiger partial charge < -0.3 is 9.47 Å². The van der Waals surface area contributed by atoms with E-state index in [1.807, 2.05) is 12.1 Å². The van der Waals surface area contributed by atoms with E-state index in [-0.39, 0.29) is 17.9 Å². The van der Waals surface area contributed by atoms with E-state index in [9.17, 15) is 13.2 Å². The lowest BCUT2D eigenvalue weighted by molar-refractivity contribution is -0.130. The molecule has 1 amide bonds. The molecule has 1 unspecified atom stereocenters. The Morgan fingerprint density at radius 1 is 1.15 bits per heavy atom. The van der Waals surface area contributed by atoms with Gasteiger partial charge >= 0.3 is 0 Å². The first-order chi connectivity index (χ1) is 15.7. The van der Waals surface area contributed by atoms with E-state index in [2.05, 4.69) is 14.8 Å². The second-order valence-electron chi connectivity index (χ2n) is 7.85. The van der Waals surface area contributed by atoms with Gasteiger partial charge in [0.15, 0.2) is 11.5 Å². The molecule has 170 valence electrons. The van der Waals surface area contributed by atoms with Crippen molar-refractivity contribution in [3.8, 4) is 11.5 Å². The lowest BCUT2D eigenvalue weighted by Crippen LogP contribution is -2.24. The molecule has 0 aliphatic carbocycles. The Labute approximate surface area is 195 Å². The second-order valence-corrected chi connectivity index (χ2v) is 9.95. The van der Waals surface area contributed by atoms with E-state index < -0.39 is 16.1 Å². The predicted molar refractivity (Wildman–Crippen MR) is 124 cm³/mol. The summed E-state index contributed by atoms with van der Waals surface area (Å²) in [6.45, 7) is 1.60. The Kier molecular flexibility index (Phi) is 5.13. The van der Waals surface area contributed by atoms with Crippen molar-refractivity contribution < 1.29 is 22.7 Å². The number of anilines is 1. The van der Waals surface area contributed by atoms with Crippen LogP contribution in [0.4, 0.5) is 5.69 Å². The number of rotatable bonds is 4. The van der Waals surface area contributed by atoms with Gasteiger partial charge in [-0.25, -0.2) is 18.4 Å². The fraction of sp³-hybridized carbons (Fsp3) is 0.227. The van der Waals surface area contributed by atoms with E-state index >= 15 is 0 Å². The molecule has 0 radical (unpaired) electrons. The average molecular weight is 487 g/mol. The van der Waals surface area contributed by atoms with Crippen molar-refractivity contribution in [2.75, 3.05) is 17.8 Å². The van der Waals surface area contributed by atoms with Crippen molar-refractivity contribution in [1.82, 2.24) is 9.99 Å². The van der Waals surface area contributed by atoms with E-state index in [1.54, 1.807) is 30.3 Å². The van der Waals surface area contributed by atoms with Gasteiger partial charge in [-0.1, -0.05) is 23.7 Å². The molecular formula is C22H19ClN4O5S. The standard InChI is InChI=1S/C22H19ClN4O5S/c1-12(28)27-19(9-18(25-27)13-3-5-15(6-4-13)26-33(2,29)30)16-7-14-8-20-21(32-11-31-20)10-17(14)24-22(16)23/h3-8,10,19,26H,9,11H2,1-2H3. The molecule has 1 atom stereocenters. The van der Waals surface area contributed by atoms with Gasteiger partial charge in [-0.05, 0) is 29.8 Å². The Morgan fingerprint density at radius 2 is 1.85 bits per heavy atom. The highest BCUT2D eigenvalue weighted by molar-refractivity contribution is 7.92. The van der Waals surface area contributed by atoms with Crippen LogP contribution in [-0.4, -0.2) is 43.1 Å². The highest BCUT2D eigenvalue weighted by atomic mass is 35.5. The van der Waals surface area contributed by atoms with Crippen LogP contribution in [-0.2, 0) is 14.8 Å². The summed E-state index contributed by atoms with van der Waals surface area (Å²) in [5.74, 6) is 1.02. The summed E-state index contributed by atoms with van der Waals surface area (Å²) in [6.07, 6.45) is 1.52. The maximum atomic E-state index is 12.4. The van der Waals surface area contributed by atoms with Crippen molar-refractivity contribution >= 4 is 49.8 Å². The van der Waals surface area contributed by atoms with Crippen LogP contribution in [0.15, 0.2) is 47.6 Å². The smallest absolute Gasteiger partial charge is 0.240 e. The van der Waals surface area contributed by atoms with Crippen LogP contribution in [0.25, 0.3) is 10.9 Å². The first-order valence-electron chi connectivity index (χ1n) is 10.0. The predicted octanol–water partition coefficient (Wildman–Crippen LogP) is 3.69. The van der Waals surface area contributed by atoms with Crippen LogP contribution in [0, 0.1) is 0 Å². The third-order valence-electron chi connectivity index (χ3n) is 5.40. The van der Waals surface area contributed by atoms with E-state index in [0.717, 1.165) is 17.2 Å². The molecule has 2 aliphatic heterocycles. The monoisotopic (exact) mass is 486 g/mol. The summed E-state index contributed by atoms with van der Waals surface area (Å²) in [6, 6.07) is 11.9. The van der Waals surface area contributed by atoms with Gasteiger partial charge in [0, 0.05) is 36.0 Å².